The van der Waals surface area contributed by atoms with E-state index in [4.69, 9.17) is 0 Å². The molecule has 0 spiro atoms. The molecule has 1 atom stereocenters. The van der Waals surface area contributed by atoms with Gasteiger partial charge >= 0.3 is 0 Å². The summed E-state index contributed by atoms with van der Waals surface area (Å²) < 4.78 is 0. The summed E-state index contributed by atoms with van der Waals surface area (Å²) >= 11 is 0. The lowest BCUT2D eigenvalue weighted by atomic mass is 9.92. The number of piperidine rings is 1. The Bertz CT molecular complexity index is 418. The fraction of sp³-hybridized carbons (Fsp3) is 0.500. The van der Waals surface area contributed by atoms with Gasteiger partial charge in [-0.2, -0.15) is 0 Å². The SMILES string of the molecule is CC1=C2CN(Cc3ccccc3)CCC2CC1. The lowest BCUT2D eigenvalue weighted by Gasteiger charge is -2.32. The van der Waals surface area contributed by atoms with Crippen molar-refractivity contribution in [3.8, 4) is 0 Å². The number of likely N-dealkylation sites (tertiary alicyclic amines) is 1. The number of nitrogens with zero attached hydrogens (tertiary/aromatic N) is 1. The van der Waals surface area contributed by atoms with Gasteiger partial charge in [-0.15, -0.1) is 0 Å². The molecule has 1 unspecified atom stereocenters. The van der Waals surface area contributed by atoms with Gasteiger partial charge < -0.3 is 0 Å². The minimum atomic E-state index is 0.919. The zero-order chi connectivity index (χ0) is 11.7. The van der Waals surface area contributed by atoms with Crippen molar-refractivity contribution in [1.29, 1.82) is 0 Å². The van der Waals surface area contributed by atoms with Crippen LogP contribution in [0, 0.1) is 5.92 Å². The molecular formula is C16H21N. The molecule has 0 N–H and O–H groups in total. The second kappa shape index (κ2) is 4.66. The summed E-state index contributed by atoms with van der Waals surface area (Å²) in [5.41, 5.74) is 4.88. The monoisotopic (exact) mass is 227 g/mol. The minimum Gasteiger partial charge on any atom is -0.295 e. The first-order valence-electron chi connectivity index (χ1n) is 6.78. The van der Waals surface area contributed by atoms with Gasteiger partial charge in [0, 0.05) is 13.1 Å². The van der Waals surface area contributed by atoms with Crippen LogP contribution in [0.15, 0.2) is 41.5 Å². The van der Waals surface area contributed by atoms with Gasteiger partial charge in [-0.1, -0.05) is 41.5 Å². The van der Waals surface area contributed by atoms with Gasteiger partial charge in [-0.25, -0.2) is 0 Å². The molecule has 1 saturated heterocycles. The third-order valence-corrected chi connectivity index (χ3v) is 4.35. The van der Waals surface area contributed by atoms with Crippen molar-refractivity contribution in [3.63, 3.8) is 0 Å². The molecule has 3 rings (SSSR count). The summed E-state index contributed by atoms with van der Waals surface area (Å²) in [4.78, 5) is 2.61. The summed E-state index contributed by atoms with van der Waals surface area (Å²) in [6, 6.07) is 10.9. The Morgan fingerprint density at radius 1 is 1.18 bits per heavy atom. The van der Waals surface area contributed by atoms with Crippen LogP contribution in [0.5, 0.6) is 0 Å². The van der Waals surface area contributed by atoms with Crippen molar-refractivity contribution in [1.82, 2.24) is 4.90 Å². The minimum absolute atomic E-state index is 0.919. The molecule has 90 valence electrons. The van der Waals surface area contributed by atoms with E-state index in [0.717, 1.165) is 12.5 Å². The predicted molar refractivity (Wildman–Crippen MR) is 71.8 cm³/mol. The van der Waals surface area contributed by atoms with Gasteiger partial charge in [-0.05, 0) is 44.2 Å². The van der Waals surface area contributed by atoms with E-state index in [1.165, 1.54) is 37.9 Å². The third kappa shape index (κ3) is 2.30. The van der Waals surface area contributed by atoms with Crippen LogP contribution >= 0.6 is 0 Å². The second-order valence-corrected chi connectivity index (χ2v) is 5.53. The highest BCUT2D eigenvalue weighted by atomic mass is 15.1. The number of hydrogen-bond acceptors (Lipinski definition) is 1. The zero-order valence-corrected chi connectivity index (χ0v) is 10.7. The van der Waals surface area contributed by atoms with E-state index >= 15 is 0 Å². The van der Waals surface area contributed by atoms with Crippen molar-refractivity contribution in [2.75, 3.05) is 13.1 Å². The smallest absolute Gasteiger partial charge is 0.0237 e. The molecule has 1 heterocycles. The number of allylic oxidation sites excluding steroid dienone is 1. The van der Waals surface area contributed by atoms with Crippen LogP contribution in [-0.4, -0.2) is 18.0 Å². The Morgan fingerprint density at radius 2 is 2.00 bits per heavy atom. The maximum atomic E-state index is 2.61. The Kier molecular flexibility index (Phi) is 3.02. The highest BCUT2D eigenvalue weighted by Gasteiger charge is 2.28. The van der Waals surface area contributed by atoms with Crippen LogP contribution in [-0.2, 0) is 6.54 Å². The molecule has 0 saturated carbocycles. The highest BCUT2D eigenvalue weighted by Crippen LogP contribution is 2.37. The zero-order valence-electron chi connectivity index (χ0n) is 10.7. The van der Waals surface area contributed by atoms with E-state index in [1.54, 1.807) is 11.1 Å². The summed E-state index contributed by atoms with van der Waals surface area (Å²) in [6.45, 7) is 5.94. The van der Waals surface area contributed by atoms with E-state index in [0.29, 0.717) is 0 Å². The average molecular weight is 227 g/mol. The van der Waals surface area contributed by atoms with E-state index in [2.05, 4.69) is 42.2 Å². The first-order valence-corrected chi connectivity index (χ1v) is 6.78. The summed E-state index contributed by atoms with van der Waals surface area (Å²) in [5.74, 6) is 0.919. The van der Waals surface area contributed by atoms with Gasteiger partial charge in [0.2, 0.25) is 0 Å². The molecule has 0 amide bonds. The molecule has 1 aliphatic carbocycles. The molecule has 1 fully saturated rings. The summed E-state index contributed by atoms with van der Waals surface area (Å²) in [7, 11) is 0. The molecule has 1 aromatic rings. The van der Waals surface area contributed by atoms with E-state index in [1.807, 2.05) is 0 Å². The molecule has 1 aromatic carbocycles. The number of hydrogen-bond donors (Lipinski definition) is 0. The summed E-state index contributed by atoms with van der Waals surface area (Å²) in [6.07, 6.45) is 4.14. The van der Waals surface area contributed by atoms with E-state index in [-0.39, 0.29) is 0 Å². The molecular weight excluding hydrogens is 206 g/mol. The Labute approximate surface area is 104 Å². The van der Waals surface area contributed by atoms with Crippen LogP contribution in [0.3, 0.4) is 0 Å². The lowest BCUT2D eigenvalue weighted by molar-refractivity contribution is 0.228. The molecule has 1 heteroatoms. The number of rotatable bonds is 2. The van der Waals surface area contributed by atoms with Gasteiger partial charge in [-0.3, -0.25) is 4.90 Å². The average Bonchev–Trinajstić information content (AvgIpc) is 2.73. The van der Waals surface area contributed by atoms with Crippen LogP contribution in [0.1, 0.15) is 31.7 Å². The van der Waals surface area contributed by atoms with Gasteiger partial charge in [0.25, 0.3) is 0 Å². The molecule has 0 aromatic heterocycles. The first kappa shape index (κ1) is 11.0. The third-order valence-electron chi connectivity index (χ3n) is 4.35. The maximum absolute atomic E-state index is 2.61. The predicted octanol–water partition coefficient (Wildman–Crippen LogP) is 3.62. The number of fused-ring (bicyclic) bond motifs is 1. The largest absolute Gasteiger partial charge is 0.295 e. The standard InChI is InChI=1S/C16H21N/c1-13-7-8-15-9-10-17(12-16(13)15)11-14-5-3-2-4-6-14/h2-6,15H,7-12H2,1H3. The fourth-order valence-corrected chi connectivity index (χ4v) is 3.29. The van der Waals surface area contributed by atoms with Crippen LogP contribution in [0.4, 0.5) is 0 Å². The molecule has 0 radical (unpaired) electrons. The Morgan fingerprint density at radius 3 is 2.82 bits per heavy atom. The molecule has 2 aliphatic rings. The number of benzene rings is 1. The second-order valence-electron chi connectivity index (χ2n) is 5.53. The fourth-order valence-electron chi connectivity index (χ4n) is 3.29. The first-order chi connectivity index (χ1) is 8.33. The van der Waals surface area contributed by atoms with Crippen molar-refractivity contribution in [2.24, 2.45) is 5.92 Å². The van der Waals surface area contributed by atoms with Crippen molar-refractivity contribution < 1.29 is 0 Å². The van der Waals surface area contributed by atoms with Gasteiger partial charge in [0.15, 0.2) is 0 Å². The van der Waals surface area contributed by atoms with Gasteiger partial charge in [0.05, 0.1) is 0 Å². The highest BCUT2D eigenvalue weighted by molar-refractivity contribution is 5.25. The lowest BCUT2D eigenvalue weighted by Crippen LogP contribution is -2.34. The molecule has 1 nitrogen and oxygen atoms in total. The topological polar surface area (TPSA) is 3.24 Å². The molecule has 17 heavy (non-hydrogen) atoms. The Hall–Kier alpha value is -1.08. The Balaban J connectivity index is 1.68. The normalized spacial score (nSPS) is 25.1. The van der Waals surface area contributed by atoms with Crippen molar-refractivity contribution >= 4 is 0 Å². The maximum Gasteiger partial charge on any atom is 0.0237 e. The van der Waals surface area contributed by atoms with Crippen molar-refractivity contribution in [3.05, 3.63) is 47.0 Å². The van der Waals surface area contributed by atoms with Crippen LogP contribution in [0.25, 0.3) is 0 Å². The molecule has 1 aliphatic heterocycles. The van der Waals surface area contributed by atoms with Crippen LogP contribution < -0.4 is 0 Å². The van der Waals surface area contributed by atoms with E-state index in [9.17, 15) is 0 Å². The molecule has 0 bridgehead atoms. The quantitative estimate of drug-likeness (QED) is 0.698. The van der Waals surface area contributed by atoms with Gasteiger partial charge in [0.1, 0.15) is 0 Å². The van der Waals surface area contributed by atoms with E-state index < -0.39 is 0 Å². The summed E-state index contributed by atoms with van der Waals surface area (Å²) in [5, 5.41) is 0. The van der Waals surface area contributed by atoms with Crippen molar-refractivity contribution in [2.45, 2.75) is 32.7 Å². The van der Waals surface area contributed by atoms with Crippen LogP contribution in [0.2, 0.25) is 0 Å².